The standard InChI is InChI=1S/C26H19N3O4/c30-25(22-4-2-1-3-5-22)18-27-14-10-20(11-15-27)21-12-16-28(17-13-21)19-26(31)23-6-8-24(9-7-23)29(32)33/h1-19H/p+1/b25-18+. The van der Waals surface area contributed by atoms with Crippen LogP contribution in [0.5, 0.6) is 0 Å². The molecule has 2 heterocycles. The lowest BCUT2D eigenvalue weighted by Gasteiger charge is -2.15. The van der Waals surface area contributed by atoms with Gasteiger partial charge in [0.25, 0.3) is 5.69 Å². The van der Waals surface area contributed by atoms with Crippen molar-refractivity contribution in [2.45, 2.75) is 0 Å². The lowest BCUT2D eigenvalue weighted by molar-refractivity contribution is -0.505. The van der Waals surface area contributed by atoms with Crippen molar-refractivity contribution in [3.63, 3.8) is 0 Å². The topological polar surface area (TPSA) is 89.6 Å². The van der Waals surface area contributed by atoms with E-state index in [0.717, 1.165) is 16.4 Å². The van der Waals surface area contributed by atoms with E-state index in [0.29, 0.717) is 5.56 Å². The zero-order chi connectivity index (χ0) is 23.2. The van der Waals surface area contributed by atoms with Gasteiger partial charge in [0.15, 0.2) is 12.4 Å². The van der Waals surface area contributed by atoms with Crippen molar-refractivity contribution in [3.05, 3.63) is 143 Å². The van der Waals surface area contributed by atoms with Crippen LogP contribution in [0, 0.1) is 16.3 Å². The lowest BCUT2D eigenvalue weighted by Crippen LogP contribution is -2.22. The molecular weight excluding hydrogens is 418 g/mol. The molecule has 0 saturated heterocycles. The molecule has 3 aromatic rings. The summed E-state index contributed by atoms with van der Waals surface area (Å²) >= 11 is 0. The van der Waals surface area contributed by atoms with Crippen LogP contribution in [0.25, 0.3) is 11.3 Å². The number of benzene rings is 2. The van der Waals surface area contributed by atoms with Gasteiger partial charge in [0.05, 0.1) is 11.1 Å². The quantitative estimate of drug-likeness (QED) is 0.215. The smallest absolute Gasteiger partial charge is 0.269 e. The highest BCUT2D eigenvalue weighted by Gasteiger charge is 2.10. The molecular formula is C26H20N3O4+. The van der Waals surface area contributed by atoms with Gasteiger partial charge in [0, 0.05) is 47.8 Å². The van der Waals surface area contributed by atoms with Crippen LogP contribution >= 0.6 is 0 Å². The van der Waals surface area contributed by atoms with E-state index >= 15 is 0 Å². The third-order valence-corrected chi connectivity index (χ3v) is 5.01. The number of carbonyl (C=O) groups is 1. The van der Waals surface area contributed by atoms with Crippen LogP contribution in [0.2, 0.25) is 0 Å². The number of aliphatic hydroxyl groups excluding tert-OH is 1. The Kier molecular flexibility index (Phi) is 6.22. The molecule has 0 bridgehead atoms. The van der Waals surface area contributed by atoms with E-state index in [2.05, 4.69) is 0 Å². The Morgan fingerprint density at radius 3 is 2.15 bits per heavy atom. The first-order valence-electron chi connectivity index (χ1n) is 10.1. The minimum Gasteiger partial charge on any atom is -0.506 e. The molecule has 0 aliphatic carbocycles. The molecule has 4 rings (SSSR count). The van der Waals surface area contributed by atoms with Gasteiger partial charge in [-0.15, -0.1) is 0 Å². The molecule has 0 spiro atoms. The minimum atomic E-state index is -0.501. The van der Waals surface area contributed by atoms with Crippen LogP contribution in [0.3, 0.4) is 0 Å². The molecule has 33 heavy (non-hydrogen) atoms. The number of aliphatic hydroxyl groups is 1. The number of hydrogen-bond acceptors (Lipinski definition) is 5. The van der Waals surface area contributed by atoms with E-state index < -0.39 is 4.92 Å². The molecule has 0 atom stereocenters. The van der Waals surface area contributed by atoms with Gasteiger partial charge < -0.3 is 10.0 Å². The fourth-order valence-electron chi connectivity index (χ4n) is 3.21. The van der Waals surface area contributed by atoms with Crippen LogP contribution in [-0.2, 0) is 0 Å². The number of pyridine rings is 1. The lowest BCUT2D eigenvalue weighted by atomic mass is 10.1. The average molecular weight is 438 g/mol. The second kappa shape index (κ2) is 9.57. The van der Waals surface area contributed by atoms with Gasteiger partial charge in [-0.3, -0.25) is 14.9 Å². The van der Waals surface area contributed by atoms with Crippen molar-refractivity contribution in [3.8, 4) is 0 Å². The summed E-state index contributed by atoms with van der Waals surface area (Å²) in [6, 6.07) is 18.6. The van der Waals surface area contributed by atoms with Crippen LogP contribution in [0.1, 0.15) is 15.9 Å². The molecule has 0 unspecified atom stereocenters. The maximum absolute atomic E-state index is 12.4. The summed E-state index contributed by atoms with van der Waals surface area (Å²) in [5.74, 6) is -0.0873. The van der Waals surface area contributed by atoms with E-state index in [1.807, 2.05) is 67.0 Å². The van der Waals surface area contributed by atoms with E-state index in [4.69, 9.17) is 0 Å². The Bertz CT molecular complexity index is 1370. The number of non-ortho nitro benzene ring substituents is 1. The largest absolute Gasteiger partial charge is 0.506 e. The van der Waals surface area contributed by atoms with Gasteiger partial charge in [-0.1, -0.05) is 30.3 Å². The molecule has 1 aliphatic rings. The Balaban J connectivity index is 1.49. The average Bonchev–Trinajstić information content (AvgIpc) is 2.85. The molecule has 1 aromatic heterocycles. The van der Waals surface area contributed by atoms with Crippen LogP contribution < -0.4 is 9.46 Å². The summed E-state index contributed by atoms with van der Waals surface area (Å²) < 4.78 is 1.64. The summed E-state index contributed by atoms with van der Waals surface area (Å²) in [7, 11) is 0. The Morgan fingerprint density at radius 1 is 0.909 bits per heavy atom. The summed E-state index contributed by atoms with van der Waals surface area (Å²) in [5.41, 5.74) is 2.03. The zero-order valence-corrected chi connectivity index (χ0v) is 17.5. The summed E-state index contributed by atoms with van der Waals surface area (Å²) in [4.78, 5) is 24.4. The van der Waals surface area contributed by atoms with Crippen molar-refractivity contribution < 1.29 is 19.1 Å². The van der Waals surface area contributed by atoms with Gasteiger partial charge in [-0.25, -0.2) is 0 Å². The number of rotatable bonds is 5. The molecule has 7 heteroatoms. The Labute approximate surface area is 189 Å². The van der Waals surface area contributed by atoms with Gasteiger partial charge >= 0.3 is 0 Å². The van der Waals surface area contributed by atoms with Crippen molar-refractivity contribution >= 4 is 22.8 Å². The number of nitro benzene ring substituents is 1. The SMILES string of the molecule is O=C(C=[n+]1ccc(=C2C=CN(/C=C(/O)c3ccccc3)C=C2)cc1)c1ccc([N+](=O)[O-])cc1. The second-order valence-corrected chi connectivity index (χ2v) is 7.25. The first kappa shape index (κ1) is 21.5. The zero-order valence-electron chi connectivity index (χ0n) is 17.5. The maximum Gasteiger partial charge on any atom is 0.269 e. The maximum atomic E-state index is 12.4. The number of allylic oxidation sites excluding steroid dienone is 2. The summed E-state index contributed by atoms with van der Waals surface area (Å²) in [6.07, 6.45) is 14.1. The van der Waals surface area contributed by atoms with E-state index in [9.17, 15) is 20.0 Å². The number of Topliss-reactive ketones (excluding diaryl/α,β-unsaturated/α-hetero) is 1. The van der Waals surface area contributed by atoms with Crippen molar-refractivity contribution in [2.24, 2.45) is 0 Å². The number of carbonyl (C=O) groups excluding carboxylic acids is 1. The summed E-state index contributed by atoms with van der Waals surface area (Å²) in [6.45, 7) is 0. The van der Waals surface area contributed by atoms with E-state index in [1.54, 1.807) is 27.7 Å². The van der Waals surface area contributed by atoms with Crippen LogP contribution in [0.15, 0.2) is 110 Å². The molecule has 162 valence electrons. The predicted octanol–water partition coefficient (Wildman–Crippen LogP) is 3.83. The molecule has 0 amide bonds. The van der Waals surface area contributed by atoms with Gasteiger partial charge in [0.1, 0.15) is 5.76 Å². The van der Waals surface area contributed by atoms with Gasteiger partial charge in [-0.2, -0.15) is 4.24 Å². The Hall–Kier alpha value is -4.78. The van der Waals surface area contributed by atoms with Crippen molar-refractivity contribution in [1.29, 1.82) is 0 Å². The number of nitrogens with zero attached hydrogens (tertiary/aromatic N) is 3. The first-order chi connectivity index (χ1) is 16.0. The van der Waals surface area contributed by atoms with Gasteiger partial charge in [0.2, 0.25) is 12.0 Å². The number of nitro groups is 1. The molecule has 1 aliphatic heterocycles. The number of hydrogen-bond donors (Lipinski definition) is 1. The van der Waals surface area contributed by atoms with E-state index in [1.165, 1.54) is 30.5 Å². The molecule has 0 radical (unpaired) electrons. The number of aromatic nitrogens is 1. The molecule has 7 nitrogen and oxygen atoms in total. The summed E-state index contributed by atoms with van der Waals surface area (Å²) in [5, 5.41) is 22.0. The predicted molar refractivity (Wildman–Crippen MR) is 124 cm³/mol. The normalized spacial score (nSPS) is 13.2. The Morgan fingerprint density at radius 2 is 1.55 bits per heavy atom. The highest BCUT2D eigenvalue weighted by Crippen LogP contribution is 2.15. The van der Waals surface area contributed by atoms with Crippen molar-refractivity contribution in [2.75, 3.05) is 0 Å². The molecule has 0 fully saturated rings. The van der Waals surface area contributed by atoms with Crippen LogP contribution in [-0.4, -0.2) is 20.7 Å². The minimum absolute atomic E-state index is 0.0569. The highest BCUT2D eigenvalue weighted by atomic mass is 16.6. The highest BCUT2D eigenvalue weighted by molar-refractivity contribution is 6.00. The third kappa shape index (κ3) is 5.29. The molecule has 2 aromatic carbocycles. The molecule has 1 N–H and O–H groups in total. The second-order valence-electron chi connectivity index (χ2n) is 7.25. The third-order valence-electron chi connectivity index (χ3n) is 5.01. The monoisotopic (exact) mass is 438 g/mol. The van der Waals surface area contributed by atoms with E-state index in [-0.39, 0.29) is 17.2 Å². The van der Waals surface area contributed by atoms with Crippen LogP contribution in [0.4, 0.5) is 5.69 Å². The first-order valence-corrected chi connectivity index (χ1v) is 10.1. The fraction of sp³-hybridized carbons (Fsp3) is 0. The number of ketones is 1. The fourth-order valence-corrected chi connectivity index (χ4v) is 3.21. The van der Waals surface area contributed by atoms with Gasteiger partial charge in [-0.05, 0) is 35.1 Å². The van der Waals surface area contributed by atoms with Crippen molar-refractivity contribution in [1.82, 2.24) is 4.90 Å². The molecule has 0 saturated carbocycles.